The maximum Gasteiger partial charge on any atom is 0.395 e. The molecular formula is C23H29F3N4O2. The molecule has 0 radical (unpaired) electrons. The lowest BCUT2D eigenvalue weighted by atomic mass is 9.81. The number of aromatic nitrogens is 2. The van der Waals surface area contributed by atoms with Crippen molar-refractivity contribution in [1.29, 1.82) is 0 Å². The van der Waals surface area contributed by atoms with Gasteiger partial charge < -0.3 is 15.3 Å². The van der Waals surface area contributed by atoms with Crippen LogP contribution in [0, 0.1) is 12.3 Å². The number of carbonyl (C=O) groups is 1. The molecule has 9 heteroatoms. The molecule has 1 fully saturated rings. The maximum absolute atomic E-state index is 13.9. The van der Waals surface area contributed by atoms with Gasteiger partial charge in [-0.15, -0.1) is 0 Å². The van der Waals surface area contributed by atoms with Crippen molar-refractivity contribution in [3.63, 3.8) is 0 Å². The number of halogens is 3. The SMILES string of the molecule is Cc1ncc([C@@H](CC(=O)NC[C@H](Cc2ccc(O)cc2)N(C)C)C2(C(F)(F)F)CC2)cn1. The summed E-state index contributed by atoms with van der Waals surface area (Å²) in [6.45, 7) is 1.96. The predicted molar refractivity (Wildman–Crippen MR) is 114 cm³/mol. The van der Waals surface area contributed by atoms with E-state index in [2.05, 4.69) is 15.3 Å². The van der Waals surface area contributed by atoms with Crippen molar-refractivity contribution >= 4 is 5.91 Å². The van der Waals surface area contributed by atoms with E-state index in [4.69, 9.17) is 0 Å². The molecule has 1 amide bonds. The van der Waals surface area contributed by atoms with Crippen molar-refractivity contribution < 1.29 is 23.1 Å². The Morgan fingerprint density at radius 3 is 2.28 bits per heavy atom. The molecule has 0 saturated heterocycles. The van der Waals surface area contributed by atoms with Crippen LogP contribution in [0.3, 0.4) is 0 Å². The Hall–Kier alpha value is -2.68. The van der Waals surface area contributed by atoms with Crippen molar-refractivity contribution in [2.24, 2.45) is 5.41 Å². The Balaban J connectivity index is 1.69. The molecule has 0 bridgehead atoms. The summed E-state index contributed by atoms with van der Waals surface area (Å²) in [4.78, 5) is 22.8. The maximum atomic E-state index is 13.9. The van der Waals surface area contributed by atoms with E-state index < -0.39 is 23.4 Å². The van der Waals surface area contributed by atoms with Crippen LogP contribution in [0.2, 0.25) is 0 Å². The van der Waals surface area contributed by atoms with E-state index >= 15 is 0 Å². The number of nitrogens with zero attached hydrogens (tertiary/aromatic N) is 3. The van der Waals surface area contributed by atoms with E-state index in [1.165, 1.54) is 12.4 Å². The monoisotopic (exact) mass is 450 g/mol. The van der Waals surface area contributed by atoms with E-state index in [0.717, 1.165) is 5.56 Å². The normalized spacial score (nSPS) is 17.1. The smallest absolute Gasteiger partial charge is 0.395 e. The zero-order valence-corrected chi connectivity index (χ0v) is 18.5. The average Bonchev–Trinajstić information content (AvgIpc) is 3.53. The molecule has 3 rings (SSSR count). The number of phenolic OH excluding ortho intramolecular Hbond substituents is 1. The van der Waals surface area contributed by atoms with E-state index in [9.17, 15) is 23.1 Å². The molecule has 0 spiro atoms. The minimum absolute atomic E-state index is 0.00347. The molecule has 0 aliphatic heterocycles. The highest BCUT2D eigenvalue weighted by molar-refractivity contribution is 5.77. The first-order valence-electron chi connectivity index (χ1n) is 10.6. The molecular weight excluding hydrogens is 421 g/mol. The lowest BCUT2D eigenvalue weighted by molar-refractivity contribution is -0.194. The zero-order valence-electron chi connectivity index (χ0n) is 18.5. The quantitative estimate of drug-likeness (QED) is 0.611. The van der Waals surface area contributed by atoms with Gasteiger partial charge in [0.05, 0.1) is 5.41 Å². The van der Waals surface area contributed by atoms with Gasteiger partial charge in [0.15, 0.2) is 0 Å². The second-order valence-corrected chi connectivity index (χ2v) is 8.77. The van der Waals surface area contributed by atoms with Crippen LogP contribution >= 0.6 is 0 Å². The van der Waals surface area contributed by atoms with Gasteiger partial charge in [-0.25, -0.2) is 9.97 Å². The highest BCUT2D eigenvalue weighted by atomic mass is 19.4. The molecule has 6 nitrogen and oxygen atoms in total. The molecule has 2 aromatic rings. The lowest BCUT2D eigenvalue weighted by Gasteiger charge is -2.29. The Morgan fingerprint density at radius 2 is 1.78 bits per heavy atom. The first-order valence-corrected chi connectivity index (χ1v) is 10.6. The zero-order chi connectivity index (χ0) is 23.5. The first-order chi connectivity index (χ1) is 15.0. The van der Waals surface area contributed by atoms with Gasteiger partial charge >= 0.3 is 6.18 Å². The van der Waals surface area contributed by atoms with Crippen LogP contribution in [0.4, 0.5) is 13.2 Å². The third-order valence-electron chi connectivity index (χ3n) is 6.29. The van der Waals surface area contributed by atoms with E-state index in [-0.39, 0.29) is 31.1 Å². The molecule has 1 aliphatic carbocycles. The molecule has 1 aromatic heterocycles. The van der Waals surface area contributed by atoms with E-state index in [0.29, 0.717) is 24.4 Å². The van der Waals surface area contributed by atoms with Crippen molar-refractivity contribution in [1.82, 2.24) is 20.2 Å². The third kappa shape index (κ3) is 5.56. The molecule has 1 heterocycles. The number of nitrogens with one attached hydrogen (secondary N) is 1. The van der Waals surface area contributed by atoms with Gasteiger partial charge in [-0.1, -0.05) is 12.1 Å². The summed E-state index contributed by atoms with van der Waals surface area (Å²) < 4.78 is 41.6. The summed E-state index contributed by atoms with van der Waals surface area (Å²) >= 11 is 0. The molecule has 0 unspecified atom stereocenters. The van der Waals surface area contributed by atoms with Gasteiger partial charge in [0, 0.05) is 37.3 Å². The summed E-state index contributed by atoms with van der Waals surface area (Å²) in [7, 11) is 3.76. The third-order valence-corrected chi connectivity index (χ3v) is 6.29. The lowest BCUT2D eigenvalue weighted by Crippen LogP contribution is -2.42. The first kappa shape index (κ1) is 24.0. The van der Waals surface area contributed by atoms with Crippen LogP contribution in [0.25, 0.3) is 0 Å². The summed E-state index contributed by atoms with van der Waals surface area (Å²) in [5.41, 5.74) is -0.566. The van der Waals surface area contributed by atoms with Crippen LogP contribution in [-0.2, 0) is 11.2 Å². The number of amides is 1. The van der Waals surface area contributed by atoms with Gasteiger partial charge in [-0.05, 0) is 63.5 Å². The van der Waals surface area contributed by atoms with Gasteiger partial charge in [-0.2, -0.15) is 13.2 Å². The van der Waals surface area contributed by atoms with Gasteiger partial charge in [0.1, 0.15) is 11.6 Å². The predicted octanol–water partition coefficient (Wildman–Crippen LogP) is 3.60. The Bertz CT molecular complexity index is 910. The molecule has 1 aromatic carbocycles. The Kier molecular flexibility index (Phi) is 7.07. The van der Waals surface area contributed by atoms with Gasteiger partial charge in [-0.3, -0.25) is 4.79 Å². The van der Waals surface area contributed by atoms with Crippen molar-refractivity contribution in [3.8, 4) is 5.75 Å². The van der Waals surface area contributed by atoms with Crippen LogP contribution in [-0.4, -0.2) is 58.7 Å². The standard InChI is InChI=1S/C23H29F3N4O2/c1-15-27-12-17(13-28-15)20(22(8-9-22)23(24,25)26)11-21(32)29-14-18(30(2)3)10-16-4-6-19(31)7-5-16/h4-7,12-13,18,20,31H,8-11,14H2,1-3H3,(H,29,32)/t18-,20+/m0/s1. The van der Waals surface area contributed by atoms with Crippen LogP contribution in [0.5, 0.6) is 5.75 Å². The number of aromatic hydroxyl groups is 1. The number of benzene rings is 1. The number of hydrogen-bond donors (Lipinski definition) is 2. The van der Waals surface area contributed by atoms with Crippen molar-refractivity contribution in [2.75, 3.05) is 20.6 Å². The largest absolute Gasteiger partial charge is 0.508 e. The molecule has 1 saturated carbocycles. The minimum atomic E-state index is -4.39. The average molecular weight is 451 g/mol. The number of alkyl halides is 3. The molecule has 174 valence electrons. The number of carbonyl (C=O) groups excluding carboxylic acids is 1. The highest BCUT2D eigenvalue weighted by Crippen LogP contribution is 2.66. The second kappa shape index (κ2) is 9.44. The van der Waals surface area contributed by atoms with E-state index in [1.54, 1.807) is 31.2 Å². The van der Waals surface area contributed by atoms with Crippen LogP contribution in [0.1, 0.15) is 42.1 Å². The van der Waals surface area contributed by atoms with E-state index in [1.807, 2.05) is 19.0 Å². The number of likely N-dealkylation sites (N-methyl/N-ethyl adjacent to an activating group) is 1. The second-order valence-electron chi connectivity index (χ2n) is 8.77. The van der Waals surface area contributed by atoms with Gasteiger partial charge in [0.2, 0.25) is 5.91 Å². The summed E-state index contributed by atoms with van der Waals surface area (Å²) in [6.07, 6.45) is -1.24. The minimum Gasteiger partial charge on any atom is -0.508 e. The van der Waals surface area contributed by atoms with Crippen LogP contribution < -0.4 is 5.32 Å². The molecule has 2 atom stereocenters. The molecule has 32 heavy (non-hydrogen) atoms. The van der Waals surface area contributed by atoms with Crippen molar-refractivity contribution in [3.05, 3.63) is 53.6 Å². The number of aryl methyl sites for hydroxylation is 1. The van der Waals surface area contributed by atoms with Crippen molar-refractivity contribution in [2.45, 2.75) is 50.7 Å². The molecule has 2 N–H and O–H groups in total. The number of hydrogen-bond acceptors (Lipinski definition) is 5. The Labute approximate surface area is 185 Å². The fraction of sp³-hybridized carbons (Fsp3) is 0.522. The summed E-state index contributed by atoms with van der Waals surface area (Å²) in [6, 6.07) is 6.76. The molecule has 1 aliphatic rings. The number of rotatable bonds is 9. The fourth-order valence-electron chi connectivity index (χ4n) is 4.01. The van der Waals surface area contributed by atoms with Crippen LogP contribution in [0.15, 0.2) is 36.7 Å². The topological polar surface area (TPSA) is 78.3 Å². The summed E-state index contributed by atoms with van der Waals surface area (Å²) in [5, 5.41) is 12.3. The van der Waals surface area contributed by atoms with Gasteiger partial charge in [0.25, 0.3) is 0 Å². The number of phenols is 1. The Morgan fingerprint density at radius 1 is 1.19 bits per heavy atom. The fourth-order valence-corrected chi connectivity index (χ4v) is 4.01. The summed E-state index contributed by atoms with van der Waals surface area (Å²) in [5.74, 6) is -0.799. The highest BCUT2D eigenvalue weighted by Gasteiger charge is 2.67.